The van der Waals surface area contributed by atoms with Crippen molar-refractivity contribution in [1.82, 2.24) is 14.5 Å². The van der Waals surface area contributed by atoms with Crippen LogP contribution in [-0.2, 0) is 19.6 Å². The first-order valence-electron chi connectivity index (χ1n) is 13.1. The van der Waals surface area contributed by atoms with Crippen molar-refractivity contribution in [1.29, 1.82) is 0 Å². The Hall–Kier alpha value is -4.66. The van der Waals surface area contributed by atoms with E-state index in [2.05, 4.69) is 9.97 Å². The molecule has 0 atom stereocenters. The van der Waals surface area contributed by atoms with Crippen molar-refractivity contribution >= 4 is 17.0 Å². The number of halogens is 3. The van der Waals surface area contributed by atoms with Gasteiger partial charge in [0.15, 0.2) is 0 Å². The number of aromatic nitrogens is 3. The first kappa shape index (κ1) is 27.9. The number of aromatic carboxylic acids is 1. The van der Waals surface area contributed by atoms with Gasteiger partial charge in [0, 0.05) is 30.2 Å². The highest BCUT2D eigenvalue weighted by Crippen LogP contribution is 2.28. The summed E-state index contributed by atoms with van der Waals surface area (Å²) in [5.41, 5.74) is 2.70. The molecule has 9 heteroatoms. The van der Waals surface area contributed by atoms with Crippen molar-refractivity contribution in [3.05, 3.63) is 112 Å². The Labute approximate surface area is 235 Å². The van der Waals surface area contributed by atoms with Gasteiger partial charge in [-0.15, -0.1) is 0 Å². The number of pyridine rings is 1. The summed E-state index contributed by atoms with van der Waals surface area (Å²) in [5, 5.41) is 9.42. The molecule has 0 aliphatic carbocycles. The zero-order chi connectivity index (χ0) is 29.3. The summed E-state index contributed by atoms with van der Waals surface area (Å²) < 4.78 is 52.4. The summed E-state index contributed by atoms with van der Waals surface area (Å²) in [6.45, 7) is 6.27. The van der Waals surface area contributed by atoms with Crippen LogP contribution in [0.4, 0.5) is 13.2 Å². The van der Waals surface area contributed by atoms with Crippen LogP contribution in [-0.4, -0.2) is 25.6 Å². The highest BCUT2D eigenvalue weighted by molar-refractivity contribution is 5.92. The fraction of sp³-hybridized carbons (Fsp3) is 0.219. The number of fused-ring (bicyclic) bond motifs is 1. The second-order valence-electron chi connectivity index (χ2n) is 10.4. The van der Waals surface area contributed by atoms with Gasteiger partial charge in [0.1, 0.15) is 29.9 Å². The van der Waals surface area contributed by atoms with E-state index in [1.165, 1.54) is 12.1 Å². The smallest absolute Gasteiger partial charge is 0.335 e. The maximum atomic E-state index is 15.4. The lowest BCUT2D eigenvalue weighted by molar-refractivity contribution is 0.0697. The van der Waals surface area contributed by atoms with Gasteiger partial charge >= 0.3 is 5.97 Å². The molecular weight excluding hydrogens is 531 g/mol. The predicted octanol–water partition coefficient (Wildman–Crippen LogP) is 7.35. The monoisotopic (exact) mass is 559 g/mol. The number of hydrogen-bond acceptors (Lipinski definition) is 4. The molecule has 0 unspecified atom stereocenters. The Balaban J connectivity index is 1.42. The number of benzene rings is 3. The van der Waals surface area contributed by atoms with E-state index < -0.39 is 23.4 Å². The molecule has 3 aromatic carbocycles. The number of nitrogens with zero attached hydrogens (tertiary/aromatic N) is 3. The van der Waals surface area contributed by atoms with E-state index in [-0.39, 0.29) is 47.2 Å². The molecule has 0 amide bonds. The molecule has 0 bridgehead atoms. The van der Waals surface area contributed by atoms with Crippen molar-refractivity contribution in [2.75, 3.05) is 0 Å². The fourth-order valence-corrected chi connectivity index (χ4v) is 4.67. The molecule has 0 radical (unpaired) electrons. The topological polar surface area (TPSA) is 77.2 Å². The lowest BCUT2D eigenvalue weighted by Gasteiger charge is -2.13. The first-order valence-corrected chi connectivity index (χ1v) is 13.1. The van der Waals surface area contributed by atoms with Crippen LogP contribution in [0.2, 0.25) is 0 Å². The largest absolute Gasteiger partial charge is 0.478 e. The summed E-state index contributed by atoms with van der Waals surface area (Å²) in [7, 11) is 0. The van der Waals surface area contributed by atoms with Gasteiger partial charge in [-0.1, -0.05) is 32.0 Å². The van der Waals surface area contributed by atoms with Gasteiger partial charge in [0.25, 0.3) is 0 Å². The van der Waals surface area contributed by atoms with E-state index in [0.29, 0.717) is 29.0 Å². The third-order valence-electron chi connectivity index (χ3n) is 6.69. The quantitative estimate of drug-likeness (QED) is 0.204. The van der Waals surface area contributed by atoms with E-state index in [1.807, 2.05) is 18.4 Å². The Bertz CT molecular complexity index is 1760. The third kappa shape index (κ3) is 6.09. The van der Waals surface area contributed by atoms with Crippen molar-refractivity contribution in [3.8, 4) is 17.1 Å². The van der Waals surface area contributed by atoms with Gasteiger partial charge in [-0.25, -0.2) is 27.9 Å². The number of imidazole rings is 1. The fourth-order valence-electron chi connectivity index (χ4n) is 4.67. The molecule has 0 saturated heterocycles. The summed E-state index contributed by atoms with van der Waals surface area (Å²) in [4.78, 5) is 20.4. The van der Waals surface area contributed by atoms with Crippen LogP contribution in [0.15, 0.2) is 66.7 Å². The lowest BCUT2D eigenvalue weighted by atomic mass is 10.0. The second-order valence-corrected chi connectivity index (χ2v) is 10.4. The normalized spacial score (nSPS) is 11.4. The maximum absolute atomic E-state index is 15.4. The molecule has 6 nitrogen and oxygen atoms in total. The summed E-state index contributed by atoms with van der Waals surface area (Å²) >= 11 is 0. The van der Waals surface area contributed by atoms with E-state index in [9.17, 15) is 14.3 Å². The van der Waals surface area contributed by atoms with Crippen LogP contribution >= 0.6 is 0 Å². The van der Waals surface area contributed by atoms with E-state index in [1.54, 1.807) is 49.4 Å². The van der Waals surface area contributed by atoms with Gasteiger partial charge < -0.3 is 14.4 Å². The SMILES string of the molecule is Cc1ccc(COc2cccc(-c3cc(F)c(Cc4nc5ccc(C(=O)O)cc5n4CC(C)C)cc3F)n2)c(F)c1. The molecular formula is C32H28F3N3O3. The molecule has 2 heterocycles. The van der Waals surface area contributed by atoms with Crippen LogP contribution in [0.1, 0.15) is 46.7 Å². The summed E-state index contributed by atoms with van der Waals surface area (Å²) in [6, 6.07) is 16.4. The highest BCUT2D eigenvalue weighted by atomic mass is 19.1. The van der Waals surface area contributed by atoms with Crippen LogP contribution in [0.25, 0.3) is 22.3 Å². The minimum absolute atomic E-state index is 0.00549. The molecule has 5 aromatic rings. The van der Waals surface area contributed by atoms with Gasteiger partial charge in [-0.2, -0.15) is 0 Å². The van der Waals surface area contributed by atoms with Crippen LogP contribution in [0.3, 0.4) is 0 Å². The van der Waals surface area contributed by atoms with Crippen LogP contribution < -0.4 is 4.74 Å². The molecule has 210 valence electrons. The highest BCUT2D eigenvalue weighted by Gasteiger charge is 2.19. The number of aryl methyl sites for hydroxylation is 1. The zero-order valence-electron chi connectivity index (χ0n) is 22.8. The average molecular weight is 560 g/mol. The maximum Gasteiger partial charge on any atom is 0.335 e. The second kappa shape index (κ2) is 11.4. The number of carboxylic acid groups (broad SMARTS) is 1. The zero-order valence-corrected chi connectivity index (χ0v) is 22.8. The molecule has 0 spiro atoms. The van der Waals surface area contributed by atoms with Gasteiger partial charge in [0.2, 0.25) is 5.88 Å². The Morgan fingerprint density at radius 2 is 1.71 bits per heavy atom. The van der Waals surface area contributed by atoms with Crippen LogP contribution in [0, 0.1) is 30.3 Å². The van der Waals surface area contributed by atoms with Crippen molar-refractivity contribution in [3.63, 3.8) is 0 Å². The molecule has 0 saturated carbocycles. The number of rotatable bonds is 9. The first-order chi connectivity index (χ1) is 19.6. The average Bonchev–Trinajstić information content (AvgIpc) is 3.25. The van der Waals surface area contributed by atoms with Crippen molar-refractivity contribution in [2.24, 2.45) is 5.92 Å². The standard InChI is InChI=1S/C32H28F3N3O3/c1-18(2)16-38-29-13-20(32(39)40)9-10-28(29)36-30(38)14-22-12-26(35)23(15-25(22)34)27-5-4-6-31(37-27)41-17-21-8-7-19(3)11-24(21)33/h4-13,15,18H,14,16-17H2,1-3H3,(H,39,40). The van der Waals surface area contributed by atoms with Gasteiger partial charge in [0.05, 0.1) is 22.3 Å². The molecule has 0 aliphatic rings. The van der Waals surface area contributed by atoms with E-state index >= 15 is 8.78 Å². The lowest BCUT2D eigenvalue weighted by Crippen LogP contribution is -2.10. The Morgan fingerprint density at radius 1 is 0.927 bits per heavy atom. The molecule has 5 rings (SSSR count). The van der Waals surface area contributed by atoms with E-state index in [4.69, 9.17) is 4.74 Å². The van der Waals surface area contributed by atoms with Gasteiger partial charge in [-0.05, 0) is 66.4 Å². The summed E-state index contributed by atoms with van der Waals surface area (Å²) in [5.74, 6) is -1.91. The van der Waals surface area contributed by atoms with Crippen molar-refractivity contribution in [2.45, 2.75) is 40.3 Å². The number of carboxylic acids is 1. The van der Waals surface area contributed by atoms with E-state index in [0.717, 1.165) is 17.7 Å². The van der Waals surface area contributed by atoms with Crippen molar-refractivity contribution < 1.29 is 27.8 Å². The van der Waals surface area contributed by atoms with Crippen LogP contribution in [0.5, 0.6) is 5.88 Å². The molecule has 41 heavy (non-hydrogen) atoms. The minimum atomic E-state index is -1.06. The molecule has 0 aliphatic heterocycles. The number of ether oxygens (including phenoxy) is 1. The number of carbonyl (C=O) groups is 1. The molecule has 0 fully saturated rings. The molecule has 1 N–H and O–H groups in total. The summed E-state index contributed by atoms with van der Waals surface area (Å²) in [6.07, 6.45) is 0.00549. The molecule has 2 aromatic heterocycles. The van der Waals surface area contributed by atoms with Gasteiger partial charge in [-0.3, -0.25) is 0 Å². The third-order valence-corrected chi connectivity index (χ3v) is 6.69. The predicted molar refractivity (Wildman–Crippen MR) is 149 cm³/mol. The minimum Gasteiger partial charge on any atom is -0.478 e. The Kier molecular flexibility index (Phi) is 7.79. The number of hydrogen-bond donors (Lipinski definition) is 1. The Morgan fingerprint density at radius 3 is 2.44 bits per heavy atom.